The van der Waals surface area contributed by atoms with E-state index in [4.69, 9.17) is 4.74 Å². The molecule has 1 amide bonds. The van der Waals surface area contributed by atoms with Gasteiger partial charge in [-0.1, -0.05) is 24.8 Å². The number of hydrogen-bond acceptors (Lipinski definition) is 3. The Hall–Kier alpha value is -2.54. The number of nitrogens with one attached hydrogen (secondary N) is 1. The minimum atomic E-state index is -0.553. The molecule has 1 heterocycles. The molecule has 0 atom stereocenters. The maximum absolute atomic E-state index is 11.6. The Morgan fingerprint density at radius 2 is 2.13 bits per heavy atom. The lowest BCUT2D eigenvalue weighted by Gasteiger charge is -2.19. The van der Waals surface area contributed by atoms with E-state index in [2.05, 4.69) is 22.1 Å². The molecule has 0 aliphatic carbocycles. The highest BCUT2D eigenvalue weighted by atomic mass is 16.5. The van der Waals surface area contributed by atoms with E-state index in [9.17, 15) is 4.79 Å². The fraction of sp³-hybridized carbons (Fsp3) is 0.368. The first kappa shape index (κ1) is 16.8. The molecular formula is C19H22N2O2. The van der Waals surface area contributed by atoms with Crippen molar-refractivity contribution in [2.24, 2.45) is 0 Å². The van der Waals surface area contributed by atoms with Gasteiger partial charge in [0, 0.05) is 24.2 Å². The molecule has 0 aliphatic rings. The number of ether oxygens (including phenoxy) is 1. The van der Waals surface area contributed by atoms with Gasteiger partial charge in [0.2, 0.25) is 5.91 Å². The van der Waals surface area contributed by atoms with Crippen LogP contribution in [0.5, 0.6) is 5.75 Å². The number of carbonyl (C=O) groups excluding carboxylic acids is 1. The van der Waals surface area contributed by atoms with Gasteiger partial charge in [-0.15, -0.1) is 0 Å². The average molecular weight is 310 g/mol. The van der Waals surface area contributed by atoms with Gasteiger partial charge in [0.25, 0.3) is 0 Å². The molecule has 4 heteroatoms. The Morgan fingerprint density at radius 1 is 1.30 bits per heavy atom. The van der Waals surface area contributed by atoms with Gasteiger partial charge in [0.1, 0.15) is 12.4 Å². The van der Waals surface area contributed by atoms with E-state index in [1.54, 1.807) is 12.4 Å². The summed E-state index contributed by atoms with van der Waals surface area (Å²) in [5.41, 5.74) is -0.553. The molecule has 1 aromatic heterocycles. The minimum Gasteiger partial charge on any atom is -0.481 e. The zero-order chi connectivity index (χ0) is 16.7. The summed E-state index contributed by atoms with van der Waals surface area (Å²) in [6, 6.07) is 7.81. The van der Waals surface area contributed by atoms with Gasteiger partial charge in [-0.3, -0.25) is 9.78 Å². The molecule has 0 fully saturated rings. The maximum atomic E-state index is 11.6. The van der Waals surface area contributed by atoms with Gasteiger partial charge in [0.05, 0.1) is 5.54 Å². The number of amides is 1. The predicted molar refractivity (Wildman–Crippen MR) is 92.1 cm³/mol. The van der Waals surface area contributed by atoms with Crippen LogP contribution in [0.25, 0.3) is 10.8 Å². The number of rotatable bonds is 5. The molecule has 0 bridgehead atoms. The van der Waals surface area contributed by atoms with Crippen LogP contribution in [0, 0.1) is 11.8 Å². The van der Waals surface area contributed by atoms with E-state index >= 15 is 0 Å². The van der Waals surface area contributed by atoms with Crippen LogP contribution < -0.4 is 10.1 Å². The number of carbonyl (C=O) groups is 1. The zero-order valence-electron chi connectivity index (χ0n) is 13.8. The molecule has 4 nitrogen and oxygen atoms in total. The monoisotopic (exact) mass is 310 g/mol. The summed E-state index contributed by atoms with van der Waals surface area (Å²) in [6.07, 6.45) is 4.92. The van der Waals surface area contributed by atoms with Crippen LogP contribution in [0.1, 0.15) is 33.6 Å². The molecule has 2 aromatic rings. The number of pyridine rings is 1. The van der Waals surface area contributed by atoms with Crippen LogP contribution in [0.3, 0.4) is 0 Å². The van der Waals surface area contributed by atoms with Crippen LogP contribution >= 0.6 is 0 Å². The molecule has 120 valence electrons. The van der Waals surface area contributed by atoms with Crippen LogP contribution in [0.4, 0.5) is 0 Å². The Morgan fingerprint density at radius 3 is 2.91 bits per heavy atom. The molecule has 0 radical (unpaired) electrons. The smallest absolute Gasteiger partial charge is 0.221 e. The van der Waals surface area contributed by atoms with Crippen molar-refractivity contribution in [2.75, 3.05) is 6.61 Å². The quantitative estimate of drug-likeness (QED) is 0.862. The van der Waals surface area contributed by atoms with Crippen molar-refractivity contribution in [1.82, 2.24) is 10.3 Å². The molecule has 1 aromatic carbocycles. The lowest BCUT2D eigenvalue weighted by atomic mass is 10.1. The number of aromatic nitrogens is 1. The minimum absolute atomic E-state index is 0.0229. The van der Waals surface area contributed by atoms with Gasteiger partial charge < -0.3 is 10.1 Å². The lowest BCUT2D eigenvalue weighted by Crippen LogP contribution is -2.42. The van der Waals surface area contributed by atoms with Gasteiger partial charge in [-0.2, -0.15) is 0 Å². The third-order valence-corrected chi connectivity index (χ3v) is 3.25. The van der Waals surface area contributed by atoms with E-state index in [0.29, 0.717) is 6.42 Å². The van der Waals surface area contributed by atoms with E-state index < -0.39 is 5.54 Å². The SMILES string of the molecule is CCCC(=O)NC(C)(C)C#CCOc1ccc2ccncc2c1. The molecule has 23 heavy (non-hydrogen) atoms. The van der Waals surface area contributed by atoms with E-state index in [0.717, 1.165) is 22.9 Å². The standard InChI is InChI=1S/C19H22N2O2/c1-4-6-18(22)21-19(2,3)10-5-12-23-17-8-7-15-9-11-20-14-16(15)13-17/h7-9,11,13-14H,4,6,12H2,1-3H3,(H,21,22). The van der Waals surface area contributed by atoms with Crippen molar-refractivity contribution < 1.29 is 9.53 Å². The second-order valence-electron chi connectivity index (χ2n) is 5.90. The van der Waals surface area contributed by atoms with Crippen molar-refractivity contribution in [3.05, 3.63) is 36.7 Å². The first-order valence-corrected chi connectivity index (χ1v) is 7.78. The first-order chi connectivity index (χ1) is 11.0. The van der Waals surface area contributed by atoms with Crippen LogP contribution in [0.2, 0.25) is 0 Å². The largest absolute Gasteiger partial charge is 0.481 e. The summed E-state index contributed by atoms with van der Waals surface area (Å²) in [5, 5.41) is 5.06. The lowest BCUT2D eigenvalue weighted by molar-refractivity contribution is -0.122. The van der Waals surface area contributed by atoms with E-state index in [1.165, 1.54) is 0 Å². The predicted octanol–water partition coefficient (Wildman–Crippen LogP) is 3.31. The zero-order valence-corrected chi connectivity index (χ0v) is 13.8. The molecule has 2 rings (SSSR count). The third-order valence-electron chi connectivity index (χ3n) is 3.25. The topological polar surface area (TPSA) is 51.2 Å². The highest BCUT2D eigenvalue weighted by Gasteiger charge is 2.16. The fourth-order valence-corrected chi connectivity index (χ4v) is 2.20. The molecule has 0 aliphatic heterocycles. The van der Waals surface area contributed by atoms with Crippen molar-refractivity contribution in [3.63, 3.8) is 0 Å². The fourth-order valence-electron chi connectivity index (χ4n) is 2.20. The molecule has 0 saturated carbocycles. The van der Waals surface area contributed by atoms with Crippen molar-refractivity contribution in [2.45, 2.75) is 39.2 Å². The van der Waals surface area contributed by atoms with E-state index in [1.807, 2.05) is 45.0 Å². The maximum Gasteiger partial charge on any atom is 0.221 e. The highest BCUT2D eigenvalue weighted by molar-refractivity contribution is 5.82. The summed E-state index contributed by atoms with van der Waals surface area (Å²) < 4.78 is 5.65. The highest BCUT2D eigenvalue weighted by Crippen LogP contribution is 2.19. The van der Waals surface area contributed by atoms with Crippen LogP contribution in [0.15, 0.2) is 36.7 Å². The average Bonchev–Trinajstić information content (AvgIpc) is 2.51. The Kier molecular flexibility index (Phi) is 5.59. The van der Waals surface area contributed by atoms with Crippen molar-refractivity contribution >= 4 is 16.7 Å². The normalized spacial score (nSPS) is 10.7. The Balaban J connectivity index is 1.92. The Bertz CT molecular complexity index is 742. The summed E-state index contributed by atoms with van der Waals surface area (Å²) in [6.45, 7) is 6.02. The summed E-state index contributed by atoms with van der Waals surface area (Å²) in [7, 11) is 0. The second-order valence-corrected chi connectivity index (χ2v) is 5.90. The second kappa shape index (κ2) is 7.64. The molecule has 0 unspecified atom stereocenters. The van der Waals surface area contributed by atoms with Gasteiger partial charge in [0.15, 0.2) is 0 Å². The van der Waals surface area contributed by atoms with E-state index in [-0.39, 0.29) is 12.5 Å². The molecule has 0 spiro atoms. The molecule has 0 saturated heterocycles. The van der Waals surface area contributed by atoms with Crippen molar-refractivity contribution in [3.8, 4) is 17.6 Å². The summed E-state index contributed by atoms with van der Waals surface area (Å²) >= 11 is 0. The Labute approximate surface area is 137 Å². The van der Waals surface area contributed by atoms with Crippen LogP contribution in [-0.4, -0.2) is 23.0 Å². The number of benzene rings is 1. The van der Waals surface area contributed by atoms with Crippen molar-refractivity contribution in [1.29, 1.82) is 0 Å². The number of hydrogen-bond donors (Lipinski definition) is 1. The number of fused-ring (bicyclic) bond motifs is 1. The first-order valence-electron chi connectivity index (χ1n) is 7.78. The van der Waals surface area contributed by atoms with Gasteiger partial charge in [-0.05, 0) is 43.9 Å². The molecular weight excluding hydrogens is 288 g/mol. The van der Waals surface area contributed by atoms with Gasteiger partial charge in [-0.25, -0.2) is 0 Å². The van der Waals surface area contributed by atoms with Gasteiger partial charge >= 0.3 is 0 Å². The molecule has 1 N–H and O–H groups in total. The summed E-state index contributed by atoms with van der Waals surface area (Å²) in [4.78, 5) is 15.7. The third kappa shape index (κ3) is 5.30. The summed E-state index contributed by atoms with van der Waals surface area (Å²) in [5.74, 6) is 6.78. The number of nitrogens with zero attached hydrogens (tertiary/aromatic N) is 1. The van der Waals surface area contributed by atoms with Crippen LogP contribution in [-0.2, 0) is 4.79 Å².